The molecule has 0 aliphatic heterocycles. The van der Waals surface area contributed by atoms with Crippen LogP contribution in [0, 0.1) is 0 Å². The molecule has 107 valence electrons. The van der Waals surface area contributed by atoms with Crippen LogP contribution >= 0.6 is 0 Å². The molecule has 1 aromatic carbocycles. The van der Waals surface area contributed by atoms with Crippen molar-refractivity contribution in [3.8, 4) is 0 Å². The largest absolute Gasteiger partial charge is 0.427 e. The minimum atomic E-state index is -0.895. The number of allylic oxidation sites excluding steroid dienone is 1. The van der Waals surface area contributed by atoms with Crippen molar-refractivity contribution in [2.45, 2.75) is 58.2 Å². The zero-order chi connectivity index (χ0) is 14.8. The highest BCUT2D eigenvalue weighted by Gasteiger charge is 2.36. The fourth-order valence-electron chi connectivity index (χ4n) is 2.15. The smallest absolute Gasteiger partial charge is 0.331 e. The molecule has 0 saturated heterocycles. The van der Waals surface area contributed by atoms with Gasteiger partial charge in [0.15, 0.2) is 0 Å². The molecule has 0 aromatic heterocycles. The van der Waals surface area contributed by atoms with Crippen molar-refractivity contribution < 1.29 is 9.76 Å². The van der Waals surface area contributed by atoms with Gasteiger partial charge in [-0.15, -0.1) is 0 Å². The lowest BCUT2D eigenvalue weighted by atomic mass is 9.77. The SMILES string of the molecule is CC(C)(O)C(C)(C)O[B]C1=CCCCc2ccccc21. The maximum atomic E-state index is 10.2. The van der Waals surface area contributed by atoms with Crippen molar-refractivity contribution in [2.75, 3.05) is 0 Å². The highest BCUT2D eigenvalue weighted by atomic mass is 16.5. The molecular formula is C17H24BO2. The molecule has 2 nitrogen and oxygen atoms in total. The van der Waals surface area contributed by atoms with Gasteiger partial charge < -0.3 is 9.76 Å². The molecule has 20 heavy (non-hydrogen) atoms. The van der Waals surface area contributed by atoms with E-state index < -0.39 is 11.2 Å². The second-order valence-corrected chi connectivity index (χ2v) is 6.51. The first kappa shape index (κ1) is 15.3. The Labute approximate surface area is 123 Å². The van der Waals surface area contributed by atoms with Gasteiger partial charge >= 0.3 is 7.48 Å². The van der Waals surface area contributed by atoms with E-state index in [0.717, 1.165) is 18.3 Å². The van der Waals surface area contributed by atoms with E-state index >= 15 is 0 Å². The highest BCUT2D eigenvalue weighted by Crippen LogP contribution is 2.29. The molecule has 0 bridgehead atoms. The summed E-state index contributed by atoms with van der Waals surface area (Å²) >= 11 is 0. The van der Waals surface area contributed by atoms with Crippen molar-refractivity contribution in [2.24, 2.45) is 0 Å². The molecule has 0 unspecified atom stereocenters. The van der Waals surface area contributed by atoms with E-state index in [2.05, 4.69) is 30.3 Å². The Balaban J connectivity index is 2.16. The summed E-state index contributed by atoms with van der Waals surface area (Å²) in [6, 6.07) is 8.48. The second kappa shape index (κ2) is 5.75. The predicted octanol–water partition coefficient (Wildman–Crippen LogP) is 3.55. The first-order valence-corrected chi connectivity index (χ1v) is 7.33. The lowest BCUT2D eigenvalue weighted by Gasteiger charge is -2.37. The molecule has 3 heteroatoms. The van der Waals surface area contributed by atoms with E-state index in [0.29, 0.717) is 0 Å². The lowest BCUT2D eigenvalue weighted by Crippen LogP contribution is -2.48. The Morgan fingerprint density at radius 3 is 2.55 bits per heavy atom. The van der Waals surface area contributed by atoms with Crippen molar-refractivity contribution in [1.82, 2.24) is 0 Å². The van der Waals surface area contributed by atoms with Gasteiger partial charge in [-0.05, 0) is 63.6 Å². The number of hydrogen-bond donors (Lipinski definition) is 1. The summed E-state index contributed by atoms with van der Waals surface area (Å²) in [5.74, 6) is 0. The Kier molecular flexibility index (Phi) is 4.41. The number of rotatable bonds is 4. The molecule has 1 N–H and O–H groups in total. The summed E-state index contributed by atoms with van der Waals surface area (Å²) in [4.78, 5) is 0. The van der Waals surface area contributed by atoms with E-state index in [-0.39, 0.29) is 0 Å². The normalized spacial score (nSPS) is 16.1. The number of aryl methyl sites for hydroxylation is 1. The minimum absolute atomic E-state index is 0.630. The van der Waals surface area contributed by atoms with Crippen LogP contribution in [0.25, 0.3) is 5.47 Å². The molecule has 0 saturated carbocycles. The fourth-order valence-corrected chi connectivity index (χ4v) is 2.15. The number of aliphatic hydroxyl groups is 1. The van der Waals surface area contributed by atoms with Gasteiger partial charge in [-0.2, -0.15) is 0 Å². The first-order chi connectivity index (χ1) is 9.31. The van der Waals surface area contributed by atoms with Crippen LogP contribution in [0.1, 0.15) is 51.7 Å². The van der Waals surface area contributed by atoms with Crippen LogP contribution in [0.2, 0.25) is 0 Å². The van der Waals surface area contributed by atoms with Gasteiger partial charge in [0.1, 0.15) is 0 Å². The molecular weight excluding hydrogens is 247 g/mol. The van der Waals surface area contributed by atoms with Gasteiger partial charge in [0.05, 0.1) is 11.2 Å². The summed E-state index contributed by atoms with van der Waals surface area (Å²) in [6.07, 6.45) is 5.57. The van der Waals surface area contributed by atoms with Gasteiger partial charge in [-0.3, -0.25) is 0 Å². The van der Waals surface area contributed by atoms with Crippen LogP contribution in [-0.4, -0.2) is 23.8 Å². The number of benzene rings is 1. The van der Waals surface area contributed by atoms with Crippen molar-refractivity contribution in [1.29, 1.82) is 0 Å². The summed E-state index contributed by atoms with van der Waals surface area (Å²) in [5, 5.41) is 10.2. The highest BCUT2D eigenvalue weighted by molar-refractivity contribution is 6.55. The molecule has 1 aliphatic rings. The maximum absolute atomic E-state index is 10.2. The molecule has 1 aliphatic carbocycles. The van der Waals surface area contributed by atoms with Crippen molar-refractivity contribution in [3.63, 3.8) is 0 Å². The standard InChI is InChI=1S/C17H24BO2/c1-16(2,19)17(3,4)20-18-15-12-8-6-10-13-9-5-7-11-14(13)15/h5,7,9,11-12,19H,6,8,10H2,1-4H3. The second-order valence-electron chi connectivity index (χ2n) is 6.51. The van der Waals surface area contributed by atoms with Gasteiger partial charge in [0.2, 0.25) is 0 Å². The van der Waals surface area contributed by atoms with Crippen LogP contribution in [0.5, 0.6) is 0 Å². The number of hydrogen-bond acceptors (Lipinski definition) is 2. The number of fused-ring (bicyclic) bond motifs is 1. The average Bonchev–Trinajstić information content (AvgIpc) is 2.57. The lowest BCUT2D eigenvalue weighted by molar-refractivity contribution is -0.0892. The Morgan fingerprint density at radius 1 is 1.15 bits per heavy atom. The minimum Gasteiger partial charge on any atom is -0.427 e. The molecule has 1 aromatic rings. The van der Waals surface area contributed by atoms with Crippen LogP contribution < -0.4 is 0 Å². The summed E-state index contributed by atoms with van der Waals surface area (Å²) < 4.78 is 5.90. The Bertz CT molecular complexity index is 498. The van der Waals surface area contributed by atoms with Crippen LogP contribution in [0.4, 0.5) is 0 Å². The zero-order valence-electron chi connectivity index (χ0n) is 12.9. The zero-order valence-corrected chi connectivity index (χ0v) is 12.9. The van der Waals surface area contributed by atoms with E-state index in [1.807, 2.05) is 21.3 Å². The third-order valence-corrected chi connectivity index (χ3v) is 4.30. The first-order valence-electron chi connectivity index (χ1n) is 7.33. The fraction of sp³-hybridized carbons (Fsp3) is 0.529. The topological polar surface area (TPSA) is 29.5 Å². The summed E-state index contributed by atoms with van der Waals surface area (Å²) in [6.45, 7) is 7.37. The van der Waals surface area contributed by atoms with E-state index in [1.165, 1.54) is 17.5 Å². The maximum Gasteiger partial charge on any atom is 0.331 e. The van der Waals surface area contributed by atoms with Crippen LogP contribution in [-0.2, 0) is 11.1 Å². The third kappa shape index (κ3) is 3.33. The molecule has 0 spiro atoms. The molecule has 0 fully saturated rings. The molecule has 2 rings (SSSR count). The monoisotopic (exact) mass is 271 g/mol. The van der Waals surface area contributed by atoms with Crippen LogP contribution in [0.15, 0.2) is 30.3 Å². The van der Waals surface area contributed by atoms with Crippen LogP contribution in [0.3, 0.4) is 0 Å². The van der Waals surface area contributed by atoms with Gasteiger partial charge in [-0.25, -0.2) is 0 Å². The molecule has 0 heterocycles. The van der Waals surface area contributed by atoms with Crippen molar-refractivity contribution >= 4 is 13.0 Å². The van der Waals surface area contributed by atoms with E-state index in [9.17, 15) is 5.11 Å². The quantitative estimate of drug-likeness (QED) is 0.848. The van der Waals surface area contributed by atoms with Gasteiger partial charge in [0.25, 0.3) is 0 Å². The molecule has 1 radical (unpaired) electrons. The molecule has 0 atom stereocenters. The molecule has 0 amide bonds. The van der Waals surface area contributed by atoms with Crippen molar-refractivity contribution in [3.05, 3.63) is 41.5 Å². The van der Waals surface area contributed by atoms with E-state index in [1.54, 1.807) is 13.8 Å². The van der Waals surface area contributed by atoms with E-state index in [4.69, 9.17) is 4.65 Å². The predicted molar refractivity (Wildman–Crippen MR) is 84.6 cm³/mol. The van der Waals surface area contributed by atoms with Gasteiger partial charge in [-0.1, -0.05) is 30.3 Å². The Hall–Kier alpha value is -1.06. The van der Waals surface area contributed by atoms with Gasteiger partial charge in [0, 0.05) is 0 Å². The average molecular weight is 271 g/mol. The third-order valence-electron chi connectivity index (χ3n) is 4.30. The Morgan fingerprint density at radius 2 is 1.85 bits per heavy atom. The summed E-state index contributed by atoms with van der Waals surface area (Å²) in [5.41, 5.74) is 2.22. The summed E-state index contributed by atoms with van der Waals surface area (Å²) in [7, 11) is 1.81.